The van der Waals surface area contributed by atoms with Gasteiger partial charge in [0, 0.05) is 33.2 Å². The molecule has 7 nitrogen and oxygen atoms in total. The Morgan fingerprint density at radius 2 is 2.13 bits per heavy atom. The first-order valence-electron chi connectivity index (χ1n) is 10.7. The molecule has 2 amide bonds. The van der Waals surface area contributed by atoms with E-state index in [-0.39, 0.29) is 24.2 Å². The highest BCUT2D eigenvalue weighted by Gasteiger charge is 2.34. The highest BCUT2D eigenvalue weighted by Crippen LogP contribution is 2.29. The van der Waals surface area contributed by atoms with Gasteiger partial charge < -0.3 is 15.0 Å². The normalized spacial score (nSPS) is 20.9. The maximum absolute atomic E-state index is 12.7. The average Bonchev–Trinajstić information content (AvgIpc) is 3.30. The number of fused-ring (bicyclic) bond motifs is 1. The van der Waals surface area contributed by atoms with Crippen LogP contribution in [0.1, 0.15) is 31.7 Å². The number of nitrogens with zero attached hydrogens (tertiary/aromatic N) is 3. The Hall–Kier alpha value is -2.03. The molecule has 0 saturated carbocycles. The van der Waals surface area contributed by atoms with Gasteiger partial charge >= 0.3 is 0 Å². The third-order valence-electron chi connectivity index (χ3n) is 6.12. The maximum Gasteiger partial charge on any atom is 0.231 e. The predicted molar refractivity (Wildman–Crippen MR) is 118 cm³/mol. The molecule has 3 heterocycles. The summed E-state index contributed by atoms with van der Waals surface area (Å²) in [6.45, 7) is 7.06. The zero-order valence-electron chi connectivity index (χ0n) is 17.7. The van der Waals surface area contributed by atoms with Crippen molar-refractivity contribution in [1.29, 1.82) is 0 Å². The standard InChI is InChI=1S/C22H30N4O3S/c1-15-5-7-25(8-6-15)13-16-3-4-18-19(11-16)30-22(23-18)24-21(28)17-12-20(27)26(14-17)9-10-29-2/h3-4,11,15,17H,5-10,12-14H2,1-2H3,(H,23,24,28). The van der Waals surface area contributed by atoms with Gasteiger partial charge in [0.15, 0.2) is 5.13 Å². The van der Waals surface area contributed by atoms with E-state index in [0.717, 1.165) is 35.8 Å². The maximum atomic E-state index is 12.7. The average molecular weight is 431 g/mol. The molecule has 2 aliphatic rings. The van der Waals surface area contributed by atoms with Crippen LogP contribution in [0.15, 0.2) is 18.2 Å². The lowest BCUT2D eigenvalue weighted by Gasteiger charge is -2.30. The van der Waals surface area contributed by atoms with E-state index < -0.39 is 0 Å². The van der Waals surface area contributed by atoms with E-state index in [1.807, 2.05) is 6.07 Å². The minimum atomic E-state index is -0.335. The van der Waals surface area contributed by atoms with Crippen LogP contribution in [0.25, 0.3) is 10.2 Å². The van der Waals surface area contributed by atoms with Crippen molar-refractivity contribution in [3.8, 4) is 0 Å². The lowest BCUT2D eigenvalue weighted by Crippen LogP contribution is -2.32. The summed E-state index contributed by atoms with van der Waals surface area (Å²) in [7, 11) is 1.61. The zero-order chi connectivity index (χ0) is 21.1. The number of carbonyl (C=O) groups excluding carboxylic acids is 2. The molecule has 1 N–H and O–H groups in total. The summed E-state index contributed by atoms with van der Waals surface area (Å²) >= 11 is 1.50. The molecule has 0 radical (unpaired) electrons. The van der Waals surface area contributed by atoms with Gasteiger partial charge in [0.1, 0.15) is 0 Å². The number of rotatable bonds is 7. The van der Waals surface area contributed by atoms with Gasteiger partial charge in [0.05, 0.1) is 22.7 Å². The smallest absolute Gasteiger partial charge is 0.231 e. The van der Waals surface area contributed by atoms with Crippen LogP contribution in [-0.4, -0.2) is 66.5 Å². The highest BCUT2D eigenvalue weighted by atomic mass is 32.1. The van der Waals surface area contributed by atoms with Crippen molar-refractivity contribution in [1.82, 2.24) is 14.8 Å². The van der Waals surface area contributed by atoms with Crippen molar-refractivity contribution in [2.45, 2.75) is 32.7 Å². The first-order chi connectivity index (χ1) is 14.5. The molecule has 2 aliphatic heterocycles. The van der Waals surface area contributed by atoms with Crippen LogP contribution in [0.4, 0.5) is 5.13 Å². The summed E-state index contributed by atoms with van der Waals surface area (Å²) in [5.41, 5.74) is 2.18. The molecule has 1 atom stereocenters. The molecule has 4 rings (SSSR count). The van der Waals surface area contributed by atoms with E-state index in [9.17, 15) is 9.59 Å². The van der Waals surface area contributed by atoms with Gasteiger partial charge in [-0.15, -0.1) is 0 Å². The lowest BCUT2D eigenvalue weighted by molar-refractivity contribution is -0.128. The molecule has 1 aromatic carbocycles. The molecule has 1 aromatic heterocycles. The number of methoxy groups -OCH3 is 1. The topological polar surface area (TPSA) is 74.8 Å². The second-order valence-corrected chi connectivity index (χ2v) is 9.53. The van der Waals surface area contributed by atoms with E-state index in [2.05, 4.69) is 34.3 Å². The number of nitrogens with one attached hydrogen (secondary N) is 1. The molecule has 0 aliphatic carbocycles. The van der Waals surface area contributed by atoms with Crippen LogP contribution in [0, 0.1) is 11.8 Å². The van der Waals surface area contributed by atoms with Gasteiger partial charge in [-0.25, -0.2) is 4.98 Å². The fourth-order valence-corrected chi connectivity index (χ4v) is 5.10. The second-order valence-electron chi connectivity index (χ2n) is 8.50. The molecule has 2 saturated heterocycles. The first kappa shape index (κ1) is 21.2. The van der Waals surface area contributed by atoms with E-state index in [1.54, 1.807) is 12.0 Å². The number of amides is 2. The summed E-state index contributed by atoms with van der Waals surface area (Å²) in [6, 6.07) is 6.36. The van der Waals surface area contributed by atoms with Crippen molar-refractivity contribution >= 4 is 38.5 Å². The number of hydrogen-bond acceptors (Lipinski definition) is 6. The highest BCUT2D eigenvalue weighted by molar-refractivity contribution is 7.22. The van der Waals surface area contributed by atoms with Gasteiger partial charge in [-0.1, -0.05) is 24.3 Å². The molecule has 2 fully saturated rings. The Bertz CT molecular complexity index is 907. The van der Waals surface area contributed by atoms with E-state index >= 15 is 0 Å². The first-order valence-corrected chi connectivity index (χ1v) is 11.5. The Morgan fingerprint density at radius 3 is 2.90 bits per heavy atom. The summed E-state index contributed by atoms with van der Waals surface area (Å²) < 4.78 is 6.11. The van der Waals surface area contributed by atoms with Crippen LogP contribution < -0.4 is 5.32 Å². The fourth-order valence-electron chi connectivity index (χ4n) is 4.17. The van der Waals surface area contributed by atoms with Crippen LogP contribution in [0.5, 0.6) is 0 Å². The van der Waals surface area contributed by atoms with Crippen LogP contribution in [0.3, 0.4) is 0 Å². The molecule has 0 bridgehead atoms. The Balaban J connectivity index is 1.36. The number of thiazole rings is 1. The number of ether oxygens (including phenoxy) is 1. The summed E-state index contributed by atoms with van der Waals surface area (Å²) in [5.74, 6) is 0.371. The number of carbonyl (C=O) groups is 2. The van der Waals surface area contributed by atoms with Crippen LogP contribution >= 0.6 is 11.3 Å². The molecule has 30 heavy (non-hydrogen) atoms. The fraction of sp³-hybridized carbons (Fsp3) is 0.591. The second kappa shape index (κ2) is 9.41. The van der Waals surface area contributed by atoms with Gasteiger partial charge in [-0.05, 0) is 49.5 Å². The van der Waals surface area contributed by atoms with Crippen molar-refractivity contribution in [3.05, 3.63) is 23.8 Å². The SMILES string of the molecule is COCCN1CC(C(=O)Nc2nc3ccc(CN4CCC(C)CC4)cc3s2)CC1=O. The zero-order valence-corrected chi connectivity index (χ0v) is 18.5. The third kappa shape index (κ3) is 4.99. The van der Waals surface area contributed by atoms with E-state index in [1.165, 1.54) is 29.7 Å². The lowest BCUT2D eigenvalue weighted by atomic mass is 9.99. The number of anilines is 1. The monoisotopic (exact) mass is 430 g/mol. The van der Waals surface area contributed by atoms with Gasteiger partial charge in [-0.3, -0.25) is 14.5 Å². The minimum absolute atomic E-state index is 0.00764. The predicted octanol–water partition coefficient (Wildman–Crippen LogP) is 2.96. The number of aromatic nitrogens is 1. The van der Waals surface area contributed by atoms with Gasteiger partial charge in [0.25, 0.3) is 0 Å². The third-order valence-corrected chi connectivity index (χ3v) is 7.05. The number of hydrogen-bond donors (Lipinski definition) is 1. The van der Waals surface area contributed by atoms with Crippen molar-refractivity contribution in [2.75, 3.05) is 45.2 Å². The van der Waals surface area contributed by atoms with Gasteiger partial charge in [0.2, 0.25) is 11.8 Å². The Kier molecular flexibility index (Phi) is 6.65. The summed E-state index contributed by atoms with van der Waals surface area (Å²) in [4.78, 5) is 33.5. The van der Waals surface area contributed by atoms with E-state index in [4.69, 9.17) is 4.74 Å². The Morgan fingerprint density at radius 1 is 1.33 bits per heavy atom. The molecule has 1 unspecified atom stereocenters. The molecule has 2 aromatic rings. The van der Waals surface area contributed by atoms with Crippen molar-refractivity contribution < 1.29 is 14.3 Å². The number of likely N-dealkylation sites (tertiary alicyclic amines) is 2. The molecule has 8 heteroatoms. The van der Waals surface area contributed by atoms with Crippen molar-refractivity contribution in [2.24, 2.45) is 11.8 Å². The van der Waals surface area contributed by atoms with Crippen LogP contribution in [0.2, 0.25) is 0 Å². The van der Waals surface area contributed by atoms with Crippen molar-refractivity contribution in [3.63, 3.8) is 0 Å². The van der Waals surface area contributed by atoms with Gasteiger partial charge in [-0.2, -0.15) is 0 Å². The summed E-state index contributed by atoms with van der Waals surface area (Å²) in [6.07, 6.45) is 2.79. The van der Waals surface area contributed by atoms with E-state index in [0.29, 0.717) is 24.8 Å². The quantitative estimate of drug-likeness (QED) is 0.731. The summed E-state index contributed by atoms with van der Waals surface area (Å²) in [5, 5.41) is 3.52. The number of benzene rings is 1. The molecular formula is C22H30N4O3S. The number of piperidine rings is 1. The molecule has 162 valence electrons. The largest absolute Gasteiger partial charge is 0.383 e. The molecule has 0 spiro atoms. The Labute approximate surface area is 181 Å². The molecular weight excluding hydrogens is 400 g/mol. The van der Waals surface area contributed by atoms with Crippen LogP contribution in [-0.2, 0) is 20.9 Å². The minimum Gasteiger partial charge on any atom is -0.383 e.